The first-order valence-electron chi connectivity index (χ1n) is 14.8. The van der Waals surface area contributed by atoms with Gasteiger partial charge in [-0.05, 0) is 55.0 Å². The van der Waals surface area contributed by atoms with Crippen LogP contribution in [-0.2, 0) is 12.8 Å². The molecule has 0 saturated carbocycles. The molecule has 0 spiro atoms. The van der Waals surface area contributed by atoms with E-state index in [-0.39, 0.29) is 11.3 Å². The van der Waals surface area contributed by atoms with Crippen molar-refractivity contribution in [3.63, 3.8) is 0 Å². The second kappa shape index (κ2) is 18.9. The molecule has 0 aliphatic carbocycles. The summed E-state index contributed by atoms with van der Waals surface area (Å²) < 4.78 is 5.77. The summed E-state index contributed by atoms with van der Waals surface area (Å²) in [7, 11) is 0. The molecule has 2 aromatic rings. The molecule has 3 nitrogen and oxygen atoms in total. The van der Waals surface area contributed by atoms with Crippen molar-refractivity contribution in [2.45, 2.75) is 129 Å². The highest BCUT2D eigenvalue weighted by molar-refractivity contribution is 5.94. The lowest BCUT2D eigenvalue weighted by atomic mass is 10.0. The normalized spacial score (nSPS) is 11.1. The average molecular weight is 495 g/mol. The summed E-state index contributed by atoms with van der Waals surface area (Å²) in [6, 6.07) is 13.1. The van der Waals surface area contributed by atoms with Crippen LogP contribution >= 0.6 is 0 Å². The van der Waals surface area contributed by atoms with E-state index < -0.39 is 5.97 Å². The maximum atomic E-state index is 12.9. The Labute approximate surface area is 220 Å². The lowest BCUT2D eigenvalue weighted by Crippen LogP contribution is -2.11. The molecule has 200 valence electrons. The molecule has 0 atom stereocenters. The minimum atomic E-state index is -0.479. The molecule has 1 N–H and O–H groups in total. The van der Waals surface area contributed by atoms with Crippen molar-refractivity contribution in [2.24, 2.45) is 0 Å². The first kappa shape index (κ1) is 29.9. The summed E-state index contributed by atoms with van der Waals surface area (Å²) in [4.78, 5) is 12.9. The van der Waals surface area contributed by atoms with Crippen LogP contribution in [0.15, 0.2) is 42.5 Å². The minimum absolute atomic E-state index is 0.0137. The fraction of sp³-hybridized carbons (Fsp3) is 0.606. The molecular weight excluding hydrogens is 444 g/mol. The molecule has 0 aliphatic rings. The molecule has 2 rings (SSSR count). The predicted octanol–water partition coefficient (Wildman–Crippen LogP) is 9.98. The summed E-state index contributed by atoms with van der Waals surface area (Å²) in [5.74, 6) is 0.114. The first-order chi connectivity index (χ1) is 17.7. The molecular formula is C33H50O3. The molecule has 3 heteroatoms. The molecule has 0 aromatic heterocycles. The van der Waals surface area contributed by atoms with Gasteiger partial charge in [-0.3, -0.25) is 0 Å². The highest BCUT2D eigenvalue weighted by Gasteiger charge is 2.16. The zero-order valence-electron chi connectivity index (χ0n) is 23.0. The van der Waals surface area contributed by atoms with E-state index in [1.165, 1.54) is 89.9 Å². The number of aryl methyl sites for hydroxylation is 2. The summed E-state index contributed by atoms with van der Waals surface area (Å²) in [5, 5.41) is 10.3. The Hall–Kier alpha value is -2.29. The van der Waals surface area contributed by atoms with E-state index in [2.05, 4.69) is 13.8 Å². The topological polar surface area (TPSA) is 46.5 Å². The van der Waals surface area contributed by atoms with Crippen LogP contribution < -0.4 is 4.74 Å². The van der Waals surface area contributed by atoms with E-state index >= 15 is 0 Å². The van der Waals surface area contributed by atoms with Gasteiger partial charge in [-0.1, -0.05) is 128 Å². The smallest absolute Gasteiger partial charge is 0.347 e. The molecule has 2 aromatic carbocycles. The Morgan fingerprint density at radius 3 is 1.81 bits per heavy atom. The van der Waals surface area contributed by atoms with Crippen molar-refractivity contribution in [1.29, 1.82) is 0 Å². The van der Waals surface area contributed by atoms with E-state index in [0.29, 0.717) is 5.75 Å². The fourth-order valence-electron chi connectivity index (χ4n) is 4.78. The van der Waals surface area contributed by atoms with Crippen LogP contribution in [0, 0.1) is 0 Å². The summed E-state index contributed by atoms with van der Waals surface area (Å²) in [6.07, 6.45) is 22.3. The van der Waals surface area contributed by atoms with Gasteiger partial charge in [-0.15, -0.1) is 0 Å². The van der Waals surface area contributed by atoms with Gasteiger partial charge in [0, 0.05) is 0 Å². The number of unbranched alkanes of at least 4 members (excludes halogenated alkanes) is 14. The van der Waals surface area contributed by atoms with Gasteiger partial charge in [0.1, 0.15) is 17.1 Å². The summed E-state index contributed by atoms with van der Waals surface area (Å²) >= 11 is 0. The highest BCUT2D eigenvalue weighted by atomic mass is 16.5. The fourth-order valence-corrected chi connectivity index (χ4v) is 4.78. The molecule has 0 unspecified atom stereocenters. The van der Waals surface area contributed by atoms with Gasteiger partial charge in [-0.25, -0.2) is 4.79 Å². The Bertz CT molecular complexity index is 858. The molecule has 36 heavy (non-hydrogen) atoms. The number of para-hydroxylation sites is 1. The van der Waals surface area contributed by atoms with E-state index in [1.54, 1.807) is 6.07 Å². The van der Waals surface area contributed by atoms with Crippen LogP contribution in [-0.4, -0.2) is 11.1 Å². The van der Waals surface area contributed by atoms with Crippen molar-refractivity contribution >= 4 is 5.97 Å². The van der Waals surface area contributed by atoms with Crippen LogP contribution in [0.3, 0.4) is 0 Å². The van der Waals surface area contributed by atoms with Crippen molar-refractivity contribution in [2.75, 3.05) is 0 Å². The standard InChI is InChI=1S/C33H50O3/c1-3-5-7-9-11-12-13-14-15-17-21-28-25-26-31(34)30(27-28)33(35)36-32-24-20-19-23-29(32)22-18-16-10-8-6-4-2/h19-20,23-27,34H,3-18,21-22H2,1-2H3. The van der Waals surface area contributed by atoms with E-state index in [9.17, 15) is 9.90 Å². The van der Waals surface area contributed by atoms with Gasteiger partial charge >= 0.3 is 5.97 Å². The molecule has 0 radical (unpaired) electrons. The first-order valence-corrected chi connectivity index (χ1v) is 14.8. The highest BCUT2D eigenvalue weighted by Crippen LogP contribution is 2.26. The van der Waals surface area contributed by atoms with Crippen molar-refractivity contribution in [3.05, 3.63) is 59.2 Å². The quantitative estimate of drug-likeness (QED) is 0.113. The molecule has 0 fully saturated rings. The Kier molecular flexibility index (Phi) is 15.7. The summed E-state index contributed by atoms with van der Waals surface area (Å²) in [6.45, 7) is 4.49. The molecule has 0 aliphatic heterocycles. The van der Waals surface area contributed by atoms with E-state index in [4.69, 9.17) is 4.74 Å². The predicted molar refractivity (Wildman–Crippen MR) is 152 cm³/mol. The van der Waals surface area contributed by atoms with Gasteiger partial charge in [0.2, 0.25) is 0 Å². The molecule has 0 amide bonds. The van der Waals surface area contributed by atoms with Crippen LogP contribution in [0.2, 0.25) is 0 Å². The number of hydrogen-bond donors (Lipinski definition) is 1. The number of ether oxygens (including phenoxy) is 1. The third-order valence-electron chi connectivity index (χ3n) is 7.07. The number of aromatic hydroxyl groups is 1. The Morgan fingerprint density at radius 1 is 0.667 bits per heavy atom. The number of rotatable bonds is 20. The van der Waals surface area contributed by atoms with Crippen LogP contribution in [0.1, 0.15) is 138 Å². The van der Waals surface area contributed by atoms with E-state index in [0.717, 1.165) is 36.8 Å². The maximum Gasteiger partial charge on any atom is 0.347 e. The monoisotopic (exact) mass is 494 g/mol. The number of hydrogen-bond acceptors (Lipinski definition) is 3. The van der Waals surface area contributed by atoms with Gasteiger partial charge < -0.3 is 9.84 Å². The number of phenols is 1. The van der Waals surface area contributed by atoms with Crippen molar-refractivity contribution in [3.8, 4) is 11.5 Å². The van der Waals surface area contributed by atoms with Crippen molar-refractivity contribution in [1.82, 2.24) is 0 Å². The molecule has 0 heterocycles. The molecule has 0 saturated heterocycles. The SMILES string of the molecule is CCCCCCCCCCCCc1ccc(O)c(C(=O)Oc2ccccc2CCCCCCCC)c1. The third-order valence-corrected chi connectivity index (χ3v) is 7.07. The number of benzene rings is 2. The minimum Gasteiger partial charge on any atom is -0.507 e. The van der Waals surface area contributed by atoms with Crippen LogP contribution in [0.5, 0.6) is 11.5 Å². The second-order valence-corrected chi connectivity index (χ2v) is 10.3. The number of carbonyl (C=O) groups is 1. The lowest BCUT2D eigenvalue weighted by Gasteiger charge is -2.12. The van der Waals surface area contributed by atoms with Gasteiger partial charge in [0.25, 0.3) is 0 Å². The lowest BCUT2D eigenvalue weighted by molar-refractivity contribution is 0.0730. The Morgan fingerprint density at radius 2 is 1.19 bits per heavy atom. The third kappa shape index (κ3) is 12.1. The van der Waals surface area contributed by atoms with Gasteiger partial charge in [0.05, 0.1) is 0 Å². The zero-order valence-corrected chi connectivity index (χ0v) is 23.0. The van der Waals surface area contributed by atoms with Gasteiger partial charge in [-0.2, -0.15) is 0 Å². The average Bonchev–Trinajstić information content (AvgIpc) is 2.89. The van der Waals surface area contributed by atoms with Crippen LogP contribution in [0.4, 0.5) is 0 Å². The number of carbonyl (C=O) groups excluding carboxylic acids is 1. The summed E-state index contributed by atoms with van der Waals surface area (Å²) in [5.41, 5.74) is 2.40. The Balaban J connectivity index is 1.79. The zero-order chi connectivity index (χ0) is 25.8. The largest absolute Gasteiger partial charge is 0.507 e. The van der Waals surface area contributed by atoms with E-state index in [1.807, 2.05) is 36.4 Å². The second-order valence-electron chi connectivity index (χ2n) is 10.3. The maximum absolute atomic E-state index is 12.9. The van der Waals surface area contributed by atoms with Crippen molar-refractivity contribution < 1.29 is 14.6 Å². The van der Waals surface area contributed by atoms with Crippen LogP contribution in [0.25, 0.3) is 0 Å². The number of phenolic OH excluding ortho intramolecular Hbond substituents is 1. The number of esters is 1. The van der Waals surface area contributed by atoms with Gasteiger partial charge in [0.15, 0.2) is 0 Å². The molecule has 0 bridgehead atoms.